The number of aliphatic hydroxyl groups excluding tert-OH is 1. The van der Waals surface area contributed by atoms with Gasteiger partial charge in [0.25, 0.3) is 0 Å². The van der Waals surface area contributed by atoms with E-state index in [0.29, 0.717) is 32.2 Å². The van der Waals surface area contributed by atoms with E-state index in [1.54, 1.807) is 0 Å². The van der Waals surface area contributed by atoms with Crippen LogP contribution in [0.1, 0.15) is 26.2 Å². The molecule has 1 aliphatic rings. The molecule has 0 aromatic rings. The average molecular weight is 257 g/mol. The normalized spacial score (nSPS) is 15.3. The highest BCUT2D eigenvalue weighted by Crippen LogP contribution is 2.24. The lowest BCUT2D eigenvalue weighted by molar-refractivity contribution is -0.124. The summed E-state index contributed by atoms with van der Waals surface area (Å²) in [6, 6.07) is 0.443. The van der Waals surface area contributed by atoms with E-state index in [1.807, 2.05) is 4.90 Å². The molecule has 0 aromatic heterocycles. The predicted molar refractivity (Wildman–Crippen MR) is 68.0 cm³/mol. The minimum absolute atomic E-state index is 0.0549. The fourth-order valence-electron chi connectivity index (χ4n) is 1.95. The molecule has 1 aliphatic carbocycles. The SMILES string of the molecule is CC(=O)NCCNC(=O)CN(CCO)C1CCC1. The number of rotatable bonds is 8. The van der Waals surface area contributed by atoms with E-state index in [0.717, 1.165) is 12.8 Å². The Morgan fingerprint density at radius 2 is 1.94 bits per heavy atom. The Morgan fingerprint density at radius 3 is 2.44 bits per heavy atom. The highest BCUT2D eigenvalue weighted by Gasteiger charge is 2.25. The Balaban J connectivity index is 2.17. The minimum Gasteiger partial charge on any atom is -0.395 e. The first-order valence-corrected chi connectivity index (χ1v) is 6.49. The van der Waals surface area contributed by atoms with E-state index in [2.05, 4.69) is 10.6 Å². The van der Waals surface area contributed by atoms with Gasteiger partial charge in [-0.1, -0.05) is 6.42 Å². The number of aliphatic hydroxyl groups is 1. The number of amides is 2. The maximum absolute atomic E-state index is 11.7. The summed E-state index contributed by atoms with van der Waals surface area (Å²) < 4.78 is 0. The van der Waals surface area contributed by atoms with Crippen molar-refractivity contribution >= 4 is 11.8 Å². The van der Waals surface area contributed by atoms with E-state index in [1.165, 1.54) is 13.3 Å². The fraction of sp³-hybridized carbons (Fsp3) is 0.833. The van der Waals surface area contributed by atoms with E-state index >= 15 is 0 Å². The molecule has 0 bridgehead atoms. The molecule has 1 fully saturated rings. The van der Waals surface area contributed by atoms with E-state index in [-0.39, 0.29) is 18.4 Å². The first kappa shape index (κ1) is 14.9. The summed E-state index contributed by atoms with van der Waals surface area (Å²) in [5.74, 6) is -0.152. The molecule has 0 radical (unpaired) electrons. The van der Waals surface area contributed by atoms with Gasteiger partial charge in [-0.25, -0.2) is 0 Å². The van der Waals surface area contributed by atoms with Crippen LogP contribution < -0.4 is 10.6 Å². The van der Waals surface area contributed by atoms with Crippen LogP contribution >= 0.6 is 0 Å². The molecular formula is C12H23N3O3. The van der Waals surface area contributed by atoms with Crippen molar-refractivity contribution in [2.45, 2.75) is 32.2 Å². The van der Waals surface area contributed by atoms with Crippen molar-refractivity contribution in [3.05, 3.63) is 0 Å². The van der Waals surface area contributed by atoms with Crippen LogP contribution in [-0.4, -0.2) is 60.6 Å². The summed E-state index contributed by atoms with van der Waals surface area (Å²) in [5.41, 5.74) is 0. The van der Waals surface area contributed by atoms with Crippen LogP contribution in [-0.2, 0) is 9.59 Å². The van der Waals surface area contributed by atoms with Gasteiger partial charge in [-0.15, -0.1) is 0 Å². The number of hydrogen-bond acceptors (Lipinski definition) is 4. The zero-order valence-electron chi connectivity index (χ0n) is 10.9. The third-order valence-electron chi connectivity index (χ3n) is 3.15. The summed E-state index contributed by atoms with van der Waals surface area (Å²) in [5, 5.41) is 14.3. The molecule has 0 saturated heterocycles. The van der Waals surface area contributed by atoms with E-state index in [9.17, 15) is 9.59 Å². The van der Waals surface area contributed by atoms with Crippen LogP contribution in [0, 0.1) is 0 Å². The van der Waals surface area contributed by atoms with Gasteiger partial charge < -0.3 is 15.7 Å². The largest absolute Gasteiger partial charge is 0.395 e. The maximum atomic E-state index is 11.7. The maximum Gasteiger partial charge on any atom is 0.234 e. The van der Waals surface area contributed by atoms with Crippen molar-refractivity contribution in [3.8, 4) is 0 Å². The van der Waals surface area contributed by atoms with Crippen molar-refractivity contribution < 1.29 is 14.7 Å². The molecule has 0 unspecified atom stereocenters. The molecule has 1 rings (SSSR count). The first-order valence-electron chi connectivity index (χ1n) is 6.49. The van der Waals surface area contributed by atoms with E-state index in [4.69, 9.17) is 5.11 Å². The van der Waals surface area contributed by atoms with Gasteiger partial charge in [0, 0.05) is 32.6 Å². The number of carbonyl (C=O) groups is 2. The monoisotopic (exact) mass is 257 g/mol. The summed E-state index contributed by atoms with van der Waals surface area (Å²) in [7, 11) is 0. The molecule has 2 amide bonds. The molecule has 6 heteroatoms. The quantitative estimate of drug-likeness (QED) is 0.492. The predicted octanol–water partition coefficient (Wildman–Crippen LogP) is -0.914. The van der Waals surface area contributed by atoms with Gasteiger partial charge in [0.2, 0.25) is 11.8 Å². The van der Waals surface area contributed by atoms with Gasteiger partial charge in [0.05, 0.1) is 13.2 Å². The second kappa shape index (κ2) is 8.05. The molecular weight excluding hydrogens is 234 g/mol. The van der Waals surface area contributed by atoms with Crippen molar-refractivity contribution in [1.29, 1.82) is 0 Å². The first-order chi connectivity index (χ1) is 8.63. The summed E-state index contributed by atoms with van der Waals surface area (Å²) in [4.78, 5) is 24.3. The van der Waals surface area contributed by atoms with Crippen LogP contribution in [0.5, 0.6) is 0 Å². The second-order valence-corrected chi connectivity index (χ2v) is 4.61. The average Bonchev–Trinajstić information content (AvgIpc) is 2.22. The molecule has 0 aromatic carbocycles. The van der Waals surface area contributed by atoms with Gasteiger partial charge in [-0.05, 0) is 12.8 Å². The lowest BCUT2D eigenvalue weighted by atomic mass is 9.91. The third-order valence-corrected chi connectivity index (χ3v) is 3.15. The lowest BCUT2D eigenvalue weighted by Crippen LogP contribution is -2.47. The number of nitrogens with one attached hydrogen (secondary N) is 2. The molecule has 1 saturated carbocycles. The summed E-state index contributed by atoms with van der Waals surface area (Å²) >= 11 is 0. The van der Waals surface area contributed by atoms with Gasteiger partial charge in [-0.3, -0.25) is 14.5 Å². The summed E-state index contributed by atoms with van der Waals surface area (Å²) in [6.07, 6.45) is 3.43. The van der Waals surface area contributed by atoms with Crippen molar-refractivity contribution in [3.63, 3.8) is 0 Å². The van der Waals surface area contributed by atoms with Crippen molar-refractivity contribution in [2.75, 3.05) is 32.8 Å². The van der Waals surface area contributed by atoms with Crippen LogP contribution in [0.4, 0.5) is 0 Å². The molecule has 0 aliphatic heterocycles. The smallest absolute Gasteiger partial charge is 0.234 e. The Bertz CT molecular complexity index is 280. The second-order valence-electron chi connectivity index (χ2n) is 4.61. The Kier molecular flexibility index (Phi) is 6.67. The van der Waals surface area contributed by atoms with E-state index < -0.39 is 0 Å². The Labute approximate surface area is 108 Å². The molecule has 18 heavy (non-hydrogen) atoms. The molecule has 3 N–H and O–H groups in total. The molecule has 104 valence electrons. The number of nitrogens with zero attached hydrogens (tertiary/aromatic N) is 1. The fourth-order valence-corrected chi connectivity index (χ4v) is 1.95. The standard InChI is InChI=1S/C12H23N3O3/c1-10(17)13-5-6-14-12(18)9-15(7-8-16)11-3-2-4-11/h11,16H,2-9H2,1H3,(H,13,17)(H,14,18). The number of carbonyl (C=O) groups excluding carboxylic acids is 2. The van der Waals surface area contributed by atoms with Crippen LogP contribution in [0.25, 0.3) is 0 Å². The minimum atomic E-state index is -0.0966. The molecule has 6 nitrogen and oxygen atoms in total. The van der Waals surface area contributed by atoms with Crippen molar-refractivity contribution in [1.82, 2.24) is 15.5 Å². The molecule has 0 spiro atoms. The van der Waals surface area contributed by atoms with Crippen LogP contribution in [0.3, 0.4) is 0 Å². The van der Waals surface area contributed by atoms with Gasteiger partial charge in [0.1, 0.15) is 0 Å². The zero-order chi connectivity index (χ0) is 13.4. The van der Waals surface area contributed by atoms with Gasteiger partial charge in [0.15, 0.2) is 0 Å². The third kappa shape index (κ3) is 5.46. The zero-order valence-corrected chi connectivity index (χ0v) is 10.9. The van der Waals surface area contributed by atoms with Crippen LogP contribution in [0.15, 0.2) is 0 Å². The van der Waals surface area contributed by atoms with Crippen LogP contribution in [0.2, 0.25) is 0 Å². The van der Waals surface area contributed by atoms with Gasteiger partial charge in [-0.2, -0.15) is 0 Å². The highest BCUT2D eigenvalue weighted by atomic mass is 16.3. The molecule has 0 atom stereocenters. The number of hydrogen-bond donors (Lipinski definition) is 3. The summed E-state index contributed by atoms with van der Waals surface area (Å²) in [6.45, 7) is 3.28. The van der Waals surface area contributed by atoms with Gasteiger partial charge >= 0.3 is 0 Å². The topological polar surface area (TPSA) is 81.7 Å². The highest BCUT2D eigenvalue weighted by molar-refractivity contribution is 5.78. The Hall–Kier alpha value is -1.14. The lowest BCUT2D eigenvalue weighted by Gasteiger charge is -2.36. The Morgan fingerprint density at radius 1 is 1.28 bits per heavy atom. The van der Waals surface area contributed by atoms with Crippen molar-refractivity contribution in [2.24, 2.45) is 0 Å². The molecule has 0 heterocycles.